The number of anilines is 3. The fourth-order valence-electron chi connectivity index (χ4n) is 3.45. The molecule has 2 atom stereocenters. The number of nitrogens with one attached hydrogen (secondary N) is 3. The van der Waals surface area contributed by atoms with Gasteiger partial charge in [0.05, 0.1) is 35.5 Å². The molecule has 4 N–H and O–H groups in total. The van der Waals surface area contributed by atoms with Gasteiger partial charge in [0.2, 0.25) is 0 Å². The third-order valence-electron chi connectivity index (χ3n) is 5.06. The van der Waals surface area contributed by atoms with E-state index in [0.29, 0.717) is 17.8 Å². The highest BCUT2D eigenvalue weighted by Gasteiger charge is 2.23. The lowest BCUT2D eigenvalue weighted by atomic mass is 9.98. The van der Waals surface area contributed by atoms with Crippen molar-refractivity contribution in [2.45, 2.75) is 46.2 Å². The summed E-state index contributed by atoms with van der Waals surface area (Å²) in [4.78, 5) is 19.6. The van der Waals surface area contributed by atoms with E-state index < -0.39 is 24.0 Å². The quantitative estimate of drug-likeness (QED) is 0.368. The molecule has 3 aromatic rings. The van der Waals surface area contributed by atoms with Crippen molar-refractivity contribution in [3.63, 3.8) is 0 Å². The van der Waals surface area contributed by atoms with Crippen molar-refractivity contribution in [2.75, 3.05) is 10.6 Å². The number of carboxylic acid groups (broad SMARTS) is 1. The molecule has 0 radical (unpaired) electrons. The van der Waals surface area contributed by atoms with Gasteiger partial charge in [0.15, 0.2) is 17.5 Å². The van der Waals surface area contributed by atoms with Crippen LogP contribution in [0, 0.1) is 30.0 Å². The minimum Gasteiger partial charge on any atom is -0.465 e. The van der Waals surface area contributed by atoms with Gasteiger partial charge in [-0.1, -0.05) is 13.8 Å². The van der Waals surface area contributed by atoms with Crippen molar-refractivity contribution in [1.82, 2.24) is 25.1 Å². The summed E-state index contributed by atoms with van der Waals surface area (Å²) in [6.45, 7) is 7.59. The Labute approximate surface area is 196 Å². The number of nitrogens with zero attached hydrogens (tertiary/aromatic N) is 5. The maximum absolute atomic E-state index is 14.8. The molecular formula is C23H27FN8O2. The van der Waals surface area contributed by atoms with Gasteiger partial charge in [0.25, 0.3) is 0 Å². The van der Waals surface area contributed by atoms with Crippen molar-refractivity contribution in [2.24, 2.45) is 5.92 Å². The fraction of sp³-hybridized carbons (Fsp3) is 0.348. The second-order valence-corrected chi connectivity index (χ2v) is 8.46. The first kappa shape index (κ1) is 24.4. The van der Waals surface area contributed by atoms with E-state index in [9.17, 15) is 14.4 Å². The summed E-state index contributed by atoms with van der Waals surface area (Å²) in [5.41, 5.74) is 2.23. The minimum absolute atomic E-state index is 0.0144. The Kier molecular flexibility index (Phi) is 7.63. The number of aryl methyl sites for hydroxylation is 1. The number of amides is 1. The van der Waals surface area contributed by atoms with Gasteiger partial charge in [-0.2, -0.15) is 10.4 Å². The Morgan fingerprint density at radius 2 is 2.00 bits per heavy atom. The maximum Gasteiger partial charge on any atom is 0.404 e. The molecule has 10 nitrogen and oxygen atoms in total. The number of hydrogen-bond acceptors (Lipinski definition) is 7. The summed E-state index contributed by atoms with van der Waals surface area (Å²) in [6.07, 6.45) is 6.17. The Balaban J connectivity index is 1.90. The van der Waals surface area contributed by atoms with Gasteiger partial charge in [-0.25, -0.2) is 18.9 Å². The molecule has 3 aromatic heterocycles. The van der Waals surface area contributed by atoms with Crippen molar-refractivity contribution in [1.29, 1.82) is 5.26 Å². The maximum atomic E-state index is 14.8. The zero-order valence-corrected chi connectivity index (χ0v) is 19.4. The van der Waals surface area contributed by atoms with Crippen molar-refractivity contribution in [3.05, 3.63) is 53.9 Å². The van der Waals surface area contributed by atoms with E-state index in [0.717, 1.165) is 11.6 Å². The predicted molar refractivity (Wildman–Crippen MR) is 126 cm³/mol. The van der Waals surface area contributed by atoms with Crippen molar-refractivity contribution < 1.29 is 14.3 Å². The first-order valence-corrected chi connectivity index (χ1v) is 10.8. The highest BCUT2D eigenvalue weighted by atomic mass is 19.1. The van der Waals surface area contributed by atoms with Crippen LogP contribution in [0.15, 0.2) is 36.9 Å². The van der Waals surface area contributed by atoms with E-state index in [1.807, 2.05) is 33.0 Å². The SMILES string of the molecule is Cc1cnn(-c2cncc(Nc3nc(N[C@@H](CC(C)C)[C@H](C)NC(=O)O)c(F)cc3C#N)c2)c1. The summed E-state index contributed by atoms with van der Waals surface area (Å²) in [7, 11) is 0. The average molecular weight is 467 g/mol. The summed E-state index contributed by atoms with van der Waals surface area (Å²) >= 11 is 0. The number of halogens is 1. The number of aromatic nitrogens is 4. The van der Waals surface area contributed by atoms with E-state index in [2.05, 4.69) is 31.0 Å². The summed E-state index contributed by atoms with van der Waals surface area (Å²) in [5.74, 6) is -0.436. The summed E-state index contributed by atoms with van der Waals surface area (Å²) in [5, 5.41) is 31.3. The van der Waals surface area contributed by atoms with Crippen LogP contribution in [-0.2, 0) is 0 Å². The smallest absolute Gasteiger partial charge is 0.404 e. The molecular weight excluding hydrogens is 439 g/mol. The normalized spacial score (nSPS) is 12.6. The van der Waals surface area contributed by atoms with E-state index in [-0.39, 0.29) is 23.1 Å². The molecule has 0 aliphatic rings. The standard InChI is InChI=1S/C23H27FN8O2/c1-13(2)5-20(15(4)28-23(33)34)30-22-19(24)6-16(8-25)21(31-22)29-17-7-18(11-26-10-17)32-12-14(3)9-27-32/h6-7,9-13,15,20,28H,5H2,1-4H3,(H,33,34)(H2,29,30,31)/t15-,20-/m0/s1. The van der Waals surface area contributed by atoms with E-state index >= 15 is 0 Å². The Morgan fingerprint density at radius 3 is 2.62 bits per heavy atom. The third kappa shape index (κ3) is 6.19. The first-order chi connectivity index (χ1) is 16.2. The number of pyridine rings is 2. The Bertz CT molecular complexity index is 1200. The predicted octanol–water partition coefficient (Wildman–Crippen LogP) is 4.21. The molecule has 0 bridgehead atoms. The minimum atomic E-state index is -1.17. The van der Waals surface area contributed by atoms with Crippen LogP contribution in [0.2, 0.25) is 0 Å². The average Bonchev–Trinajstić information content (AvgIpc) is 3.21. The van der Waals surface area contributed by atoms with Gasteiger partial charge in [-0.3, -0.25) is 4.98 Å². The molecule has 34 heavy (non-hydrogen) atoms. The third-order valence-corrected chi connectivity index (χ3v) is 5.06. The van der Waals surface area contributed by atoms with Gasteiger partial charge < -0.3 is 21.1 Å². The van der Waals surface area contributed by atoms with E-state index in [1.165, 1.54) is 0 Å². The van der Waals surface area contributed by atoms with Crippen LogP contribution in [0.1, 0.15) is 38.3 Å². The molecule has 0 aromatic carbocycles. The number of rotatable bonds is 9. The van der Waals surface area contributed by atoms with Gasteiger partial charge in [-0.15, -0.1) is 0 Å². The second kappa shape index (κ2) is 10.6. The molecule has 0 spiro atoms. The first-order valence-electron chi connectivity index (χ1n) is 10.8. The number of carbonyl (C=O) groups is 1. The number of nitriles is 1. The van der Waals surface area contributed by atoms with E-state index in [1.54, 1.807) is 36.3 Å². The molecule has 3 rings (SSSR count). The van der Waals surface area contributed by atoms with Crippen molar-refractivity contribution in [3.8, 4) is 11.8 Å². The van der Waals surface area contributed by atoms with Crippen LogP contribution in [0.3, 0.4) is 0 Å². The Morgan fingerprint density at radius 1 is 1.24 bits per heavy atom. The number of hydrogen-bond donors (Lipinski definition) is 4. The largest absolute Gasteiger partial charge is 0.465 e. The van der Waals surface area contributed by atoms with Gasteiger partial charge in [0.1, 0.15) is 6.07 Å². The van der Waals surface area contributed by atoms with Crippen LogP contribution in [0.4, 0.5) is 26.5 Å². The summed E-state index contributed by atoms with van der Waals surface area (Å²) < 4.78 is 16.5. The van der Waals surface area contributed by atoms with Crippen LogP contribution >= 0.6 is 0 Å². The Hall–Kier alpha value is -4.20. The van der Waals surface area contributed by atoms with E-state index in [4.69, 9.17) is 5.11 Å². The molecule has 0 saturated carbocycles. The highest BCUT2D eigenvalue weighted by molar-refractivity contribution is 5.66. The molecule has 0 fully saturated rings. The fourth-order valence-corrected chi connectivity index (χ4v) is 3.45. The van der Waals surface area contributed by atoms with Crippen LogP contribution in [0.5, 0.6) is 0 Å². The van der Waals surface area contributed by atoms with Gasteiger partial charge >= 0.3 is 6.09 Å². The lowest BCUT2D eigenvalue weighted by Crippen LogP contribution is -2.45. The van der Waals surface area contributed by atoms with Crippen LogP contribution in [0.25, 0.3) is 5.69 Å². The lowest BCUT2D eigenvalue weighted by molar-refractivity contribution is 0.188. The molecule has 1 amide bonds. The van der Waals surface area contributed by atoms with Crippen molar-refractivity contribution >= 4 is 23.4 Å². The molecule has 0 unspecified atom stereocenters. The van der Waals surface area contributed by atoms with Gasteiger partial charge in [-0.05, 0) is 43.9 Å². The topological polar surface area (TPSA) is 141 Å². The van der Waals surface area contributed by atoms with Crippen LogP contribution < -0.4 is 16.0 Å². The molecule has 0 aliphatic heterocycles. The molecule has 3 heterocycles. The molecule has 0 saturated heterocycles. The molecule has 0 aliphatic carbocycles. The molecule has 178 valence electrons. The zero-order valence-electron chi connectivity index (χ0n) is 19.4. The van der Waals surface area contributed by atoms with Crippen LogP contribution in [-0.4, -0.2) is 43.0 Å². The monoisotopic (exact) mass is 466 g/mol. The molecule has 11 heteroatoms. The summed E-state index contributed by atoms with van der Waals surface area (Å²) in [6, 6.07) is 3.88. The second-order valence-electron chi connectivity index (χ2n) is 8.46. The zero-order chi connectivity index (χ0) is 24.8. The lowest BCUT2D eigenvalue weighted by Gasteiger charge is -2.27. The highest BCUT2D eigenvalue weighted by Crippen LogP contribution is 2.25. The van der Waals surface area contributed by atoms with Gasteiger partial charge in [0, 0.05) is 18.3 Å².